The van der Waals surface area contributed by atoms with Gasteiger partial charge in [0.05, 0.1) is 13.7 Å². The van der Waals surface area contributed by atoms with Crippen LogP contribution in [0.4, 0.5) is 0 Å². The van der Waals surface area contributed by atoms with E-state index in [1.165, 1.54) is 5.56 Å². The highest BCUT2D eigenvalue weighted by molar-refractivity contribution is 9.09. The molecule has 0 amide bonds. The van der Waals surface area contributed by atoms with Gasteiger partial charge < -0.3 is 9.47 Å². The zero-order valence-electron chi connectivity index (χ0n) is 14.3. The first kappa shape index (κ1) is 18.3. The van der Waals surface area contributed by atoms with Crippen molar-refractivity contribution in [3.05, 3.63) is 23.8 Å². The second kappa shape index (κ2) is 7.53. The number of benzene rings is 1. The van der Waals surface area contributed by atoms with Crippen LogP contribution in [-0.2, 0) is 5.41 Å². The Balaban J connectivity index is 3.03. The topological polar surface area (TPSA) is 18.5 Å². The predicted molar refractivity (Wildman–Crippen MR) is 94.0 cm³/mol. The molecule has 0 fully saturated rings. The lowest BCUT2D eigenvalue weighted by Crippen LogP contribution is -2.29. The Hall–Kier alpha value is -0.700. The SMILES string of the molecule is CCC(CC)(CBr)COc1ccc(OC)cc1C(C)(C)C. The second-order valence-electron chi connectivity index (χ2n) is 6.74. The highest BCUT2D eigenvalue weighted by Gasteiger charge is 2.27. The van der Waals surface area contributed by atoms with Gasteiger partial charge in [0, 0.05) is 16.3 Å². The summed E-state index contributed by atoms with van der Waals surface area (Å²) in [6, 6.07) is 6.09. The lowest BCUT2D eigenvalue weighted by atomic mass is 9.85. The molecule has 0 bridgehead atoms. The molecule has 0 aliphatic heterocycles. The van der Waals surface area contributed by atoms with E-state index in [0.717, 1.165) is 36.3 Å². The van der Waals surface area contributed by atoms with Crippen molar-refractivity contribution in [1.82, 2.24) is 0 Å². The fraction of sp³-hybridized carbons (Fsp3) is 0.667. The Morgan fingerprint density at radius 3 is 2.14 bits per heavy atom. The molecule has 0 radical (unpaired) electrons. The molecule has 0 heterocycles. The smallest absolute Gasteiger partial charge is 0.123 e. The molecule has 1 rings (SSSR count). The molecule has 2 nitrogen and oxygen atoms in total. The maximum Gasteiger partial charge on any atom is 0.123 e. The Bertz CT molecular complexity index is 437. The van der Waals surface area contributed by atoms with Gasteiger partial charge >= 0.3 is 0 Å². The summed E-state index contributed by atoms with van der Waals surface area (Å²) in [6.45, 7) is 11.8. The second-order valence-corrected chi connectivity index (χ2v) is 7.30. The van der Waals surface area contributed by atoms with E-state index in [1.54, 1.807) is 7.11 Å². The molecule has 3 heteroatoms. The van der Waals surface area contributed by atoms with Crippen molar-refractivity contribution in [3.8, 4) is 11.5 Å². The summed E-state index contributed by atoms with van der Waals surface area (Å²) in [6.07, 6.45) is 2.21. The van der Waals surface area contributed by atoms with Crippen LogP contribution in [0.1, 0.15) is 53.0 Å². The molecule has 1 aromatic carbocycles. The number of halogens is 1. The fourth-order valence-corrected chi connectivity index (χ4v) is 3.22. The molecule has 0 N–H and O–H groups in total. The lowest BCUT2D eigenvalue weighted by Gasteiger charge is -2.31. The van der Waals surface area contributed by atoms with Gasteiger partial charge in [0.2, 0.25) is 0 Å². The monoisotopic (exact) mass is 356 g/mol. The fourth-order valence-electron chi connectivity index (χ4n) is 2.26. The molecule has 0 atom stereocenters. The number of methoxy groups -OCH3 is 1. The lowest BCUT2D eigenvalue weighted by molar-refractivity contribution is 0.155. The first-order valence-corrected chi connectivity index (χ1v) is 8.81. The molecular formula is C18H29BrO2. The van der Waals surface area contributed by atoms with Crippen LogP contribution in [0.3, 0.4) is 0 Å². The van der Waals surface area contributed by atoms with Gasteiger partial charge in [0.1, 0.15) is 11.5 Å². The highest BCUT2D eigenvalue weighted by atomic mass is 79.9. The van der Waals surface area contributed by atoms with Crippen molar-refractivity contribution >= 4 is 15.9 Å². The Labute approximate surface area is 138 Å². The van der Waals surface area contributed by atoms with E-state index >= 15 is 0 Å². The van der Waals surface area contributed by atoms with E-state index in [2.05, 4.69) is 56.6 Å². The van der Waals surface area contributed by atoms with Crippen molar-refractivity contribution in [2.45, 2.75) is 52.9 Å². The molecule has 21 heavy (non-hydrogen) atoms. The van der Waals surface area contributed by atoms with Crippen LogP contribution in [0.15, 0.2) is 18.2 Å². The van der Waals surface area contributed by atoms with Gasteiger partial charge in [0.15, 0.2) is 0 Å². The van der Waals surface area contributed by atoms with E-state index in [0.29, 0.717) is 0 Å². The van der Waals surface area contributed by atoms with E-state index in [-0.39, 0.29) is 10.8 Å². The predicted octanol–water partition coefficient (Wildman–Crippen LogP) is 5.57. The Morgan fingerprint density at radius 2 is 1.71 bits per heavy atom. The van der Waals surface area contributed by atoms with Crippen molar-refractivity contribution in [2.24, 2.45) is 5.41 Å². The van der Waals surface area contributed by atoms with E-state index < -0.39 is 0 Å². The standard InChI is InChI=1S/C18H29BrO2/c1-7-18(8-2,12-19)13-21-16-10-9-14(20-6)11-15(16)17(3,4)5/h9-11H,7-8,12-13H2,1-6H3. The van der Waals surface area contributed by atoms with Crippen LogP contribution in [0.5, 0.6) is 11.5 Å². The first-order valence-electron chi connectivity index (χ1n) is 7.69. The van der Waals surface area contributed by atoms with Crippen molar-refractivity contribution in [3.63, 3.8) is 0 Å². The van der Waals surface area contributed by atoms with Crippen LogP contribution in [0.25, 0.3) is 0 Å². The minimum absolute atomic E-state index is 0.0271. The van der Waals surface area contributed by atoms with E-state index in [1.807, 2.05) is 12.1 Å². The number of hydrogen-bond acceptors (Lipinski definition) is 2. The summed E-state index contributed by atoms with van der Waals surface area (Å²) >= 11 is 3.65. The summed E-state index contributed by atoms with van der Waals surface area (Å²) in [5.41, 5.74) is 1.42. The molecule has 1 aromatic rings. The molecule has 0 saturated heterocycles. The van der Waals surface area contributed by atoms with Gasteiger partial charge in [-0.3, -0.25) is 0 Å². The van der Waals surface area contributed by atoms with E-state index in [9.17, 15) is 0 Å². The van der Waals surface area contributed by atoms with Crippen LogP contribution in [0.2, 0.25) is 0 Å². The summed E-state index contributed by atoms with van der Waals surface area (Å²) < 4.78 is 11.6. The van der Waals surface area contributed by atoms with Gasteiger partial charge in [0.25, 0.3) is 0 Å². The summed E-state index contributed by atoms with van der Waals surface area (Å²) in [5, 5.41) is 0.966. The maximum atomic E-state index is 6.22. The van der Waals surface area contributed by atoms with Crippen LogP contribution < -0.4 is 9.47 Å². The van der Waals surface area contributed by atoms with Gasteiger partial charge in [-0.2, -0.15) is 0 Å². The zero-order chi connectivity index (χ0) is 16.1. The van der Waals surface area contributed by atoms with Crippen LogP contribution in [0, 0.1) is 5.41 Å². The summed E-state index contributed by atoms with van der Waals surface area (Å²) in [4.78, 5) is 0. The van der Waals surface area contributed by atoms with Crippen LogP contribution in [-0.4, -0.2) is 19.0 Å². The van der Waals surface area contributed by atoms with Crippen molar-refractivity contribution < 1.29 is 9.47 Å². The Kier molecular flexibility index (Phi) is 6.58. The van der Waals surface area contributed by atoms with Crippen molar-refractivity contribution in [2.75, 3.05) is 19.0 Å². The molecule has 0 aliphatic rings. The normalized spacial score (nSPS) is 12.3. The zero-order valence-corrected chi connectivity index (χ0v) is 15.8. The number of rotatable bonds is 7. The molecule has 0 aliphatic carbocycles. The maximum absolute atomic E-state index is 6.22. The third-order valence-electron chi connectivity index (χ3n) is 4.31. The minimum atomic E-state index is 0.0271. The summed E-state index contributed by atoms with van der Waals surface area (Å²) in [7, 11) is 1.70. The highest BCUT2D eigenvalue weighted by Crippen LogP contribution is 2.36. The molecule has 120 valence electrons. The number of ether oxygens (including phenoxy) is 2. The quantitative estimate of drug-likeness (QED) is 0.594. The Morgan fingerprint density at radius 1 is 1.10 bits per heavy atom. The largest absolute Gasteiger partial charge is 0.497 e. The molecule has 0 aromatic heterocycles. The summed E-state index contributed by atoms with van der Waals surface area (Å²) in [5.74, 6) is 1.85. The molecule has 0 saturated carbocycles. The van der Waals surface area contributed by atoms with E-state index in [4.69, 9.17) is 9.47 Å². The number of hydrogen-bond donors (Lipinski definition) is 0. The van der Waals surface area contributed by atoms with Gasteiger partial charge in [-0.05, 0) is 36.5 Å². The van der Waals surface area contributed by atoms with Gasteiger partial charge in [-0.1, -0.05) is 50.5 Å². The van der Waals surface area contributed by atoms with Crippen LogP contribution >= 0.6 is 15.9 Å². The molecular weight excluding hydrogens is 328 g/mol. The first-order chi connectivity index (χ1) is 9.81. The third-order valence-corrected chi connectivity index (χ3v) is 5.50. The number of alkyl halides is 1. The average Bonchev–Trinajstić information content (AvgIpc) is 2.48. The molecule has 0 spiro atoms. The molecule has 0 unspecified atom stereocenters. The minimum Gasteiger partial charge on any atom is -0.497 e. The van der Waals surface area contributed by atoms with Gasteiger partial charge in [-0.15, -0.1) is 0 Å². The average molecular weight is 357 g/mol. The third kappa shape index (κ3) is 4.64. The van der Waals surface area contributed by atoms with Gasteiger partial charge in [-0.25, -0.2) is 0 Å². The van der Waals surface area contributed by atoms with Crippen molar-refractivity contribution in [1.29, 1.82) is 0 Å².